The number of ether oxygens (including phenoxy) is 1. The zero-order valence-electron chi connectivity index (χ0n) is 10.8. The molecule has 0 radical (unpaired) electrons. The Morgan fingerprint density at radius 1 is 1.50 bits per heavy atom. The maximum atomic E-state index is 11.4. The lowest BCUT2D eigenvalue weighted by molar-refractivity contribution is -0.123. The van der Waals surface area contributed by atoms with E-state index in [0.29, 0.717) is 12.6 Å². The number of nitrogens with two attached hydrogens (primary N) is 1. The van der Waals surface area contributed by atoms with Crippen LogP contribution in [0.5, 0.6) is 0 Å². The first-order chi connectivity index (χ1) is 7.49. The molecule has 0 rings (SSSR count). The molecule has 0 heterocycles. The Balaban J connectivity index is 3.55. The molecule has 0 aromatic rings. The van der Waals surface area contributed by atoms with Crippen LogP contribution in [-0.2, 0) is 9.53 Å². The standard InChI is InChI=1S/C11H25N3O2/c1-9(2)14(3)7-5-6-13-11(15)10(12)8-16-4/h9-10H,5-8,12H2,1-4H3,(H,13,15). The molecule has 1 amide bonds. The normalized spacial score (nSPS) is 13.2. The van der Waals surface area contributed by atoms with E-state index < -0.39 is 6.04 Å². The van der Waals surface area contributed by atoms with Gasteiger partial charge in [0, 0.05) is 19.7 Å². The zero-order chi connectivity index (χ0) is 12.6. The van der Waals surface area contributed by atoms with Crippen LogP contribution in [-0.4, -0.2) is 56.7 Å². The number of rotatable bonds is 8. The lowest BCUT2D eigenvalue weighted by Crippen LogP contribution is -2.44. The molecule has 1 unspecified atom stereocenters. The number of nitrogens with one attached hydrogen (secondary N) is 1. The average molecular weight is 231 g/mol. The minimum absolute atomic E-state index is 0.144. The Morgan fingerprint density at radius 2 is 2.12 bits per heavy atom. The summed E-state index contributed by atoms with van der Waals surface area (Å²) in [6, 6.07) is -0.0284. The molecular weight excluding hydrogens is 206 g/mol. The summed E-state index contributed by atoms with van der Waals surface area (Å²) in [6.45, 7) is 6.18. The predicted octanol–water partition coefficient (Wildman–Crippen LogP) is -0.193. The highest BCUT2D eigenvalue weighted by Gasteiger charge is 2.11. The first kappa shape index (κ1) is 15.3. The van der Waals surface area contributed by atoms with Crippen molar-refractivity contribution in [1.82, 2.24) is 10.2 Å². The Hall–Kier alpha value is -0.650. The highest BCUT2D eigenvalue weighted by atomic mass is 16.5. The lowest BCUT2D eigenvalue weighted by atomic mass is 10.3. The van der Waals surface area contributed by atoms with Gasteiger partial charge in [-0.2, -0.15) is 0 Å². The maximum Gasteiger partial charge on any atom is 0.239 e. The van der Waals surface area contributed by atoms with Crippen molar-refractivity contribution in [1.29, 1.82) is 0 Å². The van der Waals surface area contributed by atoms with E-state index in [9.17, 15) is 4.79 Å². The summed E-state index contributed by atoms with van der Waals surface area (Å²) in [4.78, 5) is 13.6. The Bertz CT molecular complexity index is 198. The first-order valence-corrected chi connectivity index (χ1v) is 5.71. The number of carbonyl (C=O) groups excluding carboxylic acids is 1. The fraction of sp³-hybridized carbons (Fsp3) is 0.909. The molecule has 96 valence electrons. The van der Waals surface area contributed by atoms with Gasteiger partial charge in [-0.1, -0.05) is 0 Å². The van der Waals surface area contributed by atoms with Crippen LogP contribution in [0.2, 0.25) is 0 Å². The number of carbonyl (C=O) groups is 1. The van der Waals surface area contributed by atoms with Crippen molar-refractivity contribution in [2.45, 2.75) is 32.4 Å². The van der Waals surface area contributed by atoms with Crippen LogP contribution in [0.15, 0.2) is 0 Å². The number of methoxy groups -OCH3 is 1. The molecule has 0 aliphatic rings. The smallest absolute Gasteiger partial charge is 0.239 e. The summed E-state index contributed by atoms with van der Waals surface area (Å²) < 4.78 is 4.81. The van der Waals surface area contributed by atoms with Gasteiger partial charge >= 0.3 is 0 Å². The third-order valence-electron chi connectivity index (χ3n) is 2.55. The molecule has 0 aromatic heterocycles. The van der Waals surface area contributed by atoms with Crippen molar-refractivity contribution < 1.29 is 9.53 Å². The van der Waals surface area contributed by atoms with Gasteiger partial charge in [0.2, 0.25) is 5.91 Å². The third kappa shape index (κ3) is 6.76. The van der Waals surface area contributed by atoms with E-state index in [1.54, 1.807) is 0 Å². The molecule has 5 nitrogen and oxygen atoms in total. The van der Waals surface area contributed by atoms with Crippen molar-refractivity contribution in [2.75, 3.05) is 33.9 Å². The number of hydrogen-bond donors (Lipinski definition) is 2. The molecule has 0 fully saturated rings. The van der Waals surface area contributed by atoms with Gasteiger partial charge in [0.15, 0.2) is 0 Å². The molecule has 16 heavy (non-hydrogen) atoms. The molecule has 0 saturated carbocycles. The van der Waals surface area contributed by atoms with Gasteiger partial charge in [-0.05, 0) is 33.9 Å². The second-order valence-corrected chi connectivity index (χ2v) is 4.28. The van der Waals surface area contributed by atoms with Crippen LogP contribution in [0.1, 0.15) is 20.3 Å². The maximum absolute atomic E-state index is 11.4. The summed E-state index contributed by atoms with van der Waals surface area (Å²) in [5.74, 6) is -0.144. The van der Waals surface area contributed by atoms with E-state index in [1.807, 2.05) is 0 Å². The monoisotopic (exact) mass is 231 g/mol. The summed E-state index contributed by atoms with van der Waals surface area (Å²) in [7, 11) is 3.61. The molecule has 0 aliphatic heterocycles. The predicted molar refractivity (Wildman–Crippen MR) is 65.2 cm³/mol. The van der Waals surface area contributed by atoms with E-state index in [4.69, 9.17) is 10.5 Å². The second-order valence-electron chi connectivity index (χ2n) is 4.28. The van der Waals surface area contributed by atoms with Crippen LogP contribution < -0.4 is 11.1 Å². The van der Waals surface area contributed by atoms with E-state index >= 15 is 0 Å². The van der Waals surface area contributed by atoms with Crippen LogP contribution in [0.25, 0.3) is 0 Å². The number of nitrogens with zero attached hydrogens (tertiary/aromatic N) is 1. The molecule has 0 aromatic carbocycles. The average Bonchev–Trinajstić information content (AvgIpc) is 2.23. The van der Waals surface area contributed by atoms with Gasteiger partial charge in [-0.25, -0.2) is 0 Å². The number of hydrogen-bond acceptors (Lipinski definition) is 4. The van der Waals surface area contributed by atoms with Crippen LogP contribution in [0.3, 0.4) is 0 Å². The first-order valence-electron chi connectivity index (χ1n) is 5.71. The minimum Gasteiger partial charge on any atom is -0.383 e. The largest absolute Gasteiger partial charge is 0.383 e. The summed E-state index contributed by atoms with van der Waals surface area (Å²) in [5, 5.41) is 2.79. The van der Waals surface area contributed by atoms with Gasteiger partial charge in [0.25, 0.3) is 0 Å². The quantitative estimate of drug-likeness (QED) is 0.568. The Morgan fingerprint density at radius 3 is 2.62 bits per heavy atom. The summed E-state index contributed by atoms with van der Waals surface area (Å²) in [6.07, 6.45) is 0.931. The minimum atomic E-state index is -0.562. The van der Waals surface area contributed by atoms with Crippen molar-refractivity contribution >= 4 is 5.91 Å². The molecule has 1 atom stereocenters. The fourth-order valence-electron chi connectivity index (χ4n) is 1.18. The van der Waals surface area contributed by atoms with E-state index in [-0.39, 0.29) is 12.5 Å². The van der Waals surface area contributed by atoms with E-state index in [1.165, 1.54) is 7.11 Å². The van der Waals surface area contributed by atoms with Gasteiger partial charge in [0.1, 0.15) is 6.04 Å². The van der Waals surface area contributed by atoms with Gasteiger partial charge in [-0.3, -0.25) is 4.79 Å². The van der Waals surface area contributed by atoms with E-state index in [0.717, 1.165) is 13.0 Å². The van der Waals surface area contributed by atoms with Crippen LogP contribution >= 0.6 is 0 Å². The third-order valence-corrected chi connectivity index (χ3v) is 2.55. The highest BCUT2D eigenvalue weighted by Crippen LogP contribution is 1.94. The molecular formula is C11H25N3O2. The Kier molecular flexibility index (Phi) is 8.15. The SMILES string of the molecule is COCC(N)C(=O)NCCCN(C)C(C)C. The van der Waals surface area contributed by atoms with E-state index in [2.05, 4.69) is 31.1 Å². The van der Waals surface area contributed by atoms with Crippen molar-refractivity contribution in [3.63, 3.8) is 0 Å². The summed E-state index contributed by atoms with van der Waals surface area (Å²) in [5.41, 5.74) is 5.57. The zero-order valence-corrected chi connectivity index (χ0v) is 10.8. The van der Waals surface area contributed by atoms with Crippen LogP contribution in [0, 0.1) is 0 Å². The van der Waals surface area contributed by atoms with Gasteiger partial charge < -0.3 is 20.7 Å². The second kappa shape index (κ2) is 8.50. The van der Waals surface area contributed by atoms with Crippen LogP contribution in [0.4, 0.5) is 0 Å². The van der Waals surface area contributed by atoms with Gasteiger partial charge in [-0.15, -0.1) is 0 Å². The summed E-state index contributed by atoms with van der Waals surface area (Å²) >= 11 is 0. The van der Waals surface area contributed by atoms with Crippen molar-refractivity contribution in [3.05, 3.63) is 0 Å². The highest BCUT2D eigenvalue weighted by molar-refractivity contribution is 5.81. The lowest BCUT2D eigenvalue weighted by Gasteiger charge is -2.21. The van der Waals surface area contributed by atoms with Crippen molar-refractivity contribution in [2.24, 2.45) is 5.73 Å². The van der Waals surface area contributed by atoms with Crippen molar-refractivity contribution in [3.8, 4) is 0 Å². The molecule has 0 saturated heterocycles. The fourth-order valence-corrected chi connectivity index (χ4v) is 1.18. The molecule has 5 heteroatoms. The molecule has 0 bridgehead atoms. The topological polar surface area (TPSA) is 67.6 Å². The Labute approximate surface area is 98.3 Å². The molecule has 0 spiro atoms. The molecule has 0 aliphatic carbocycles. The number of amides is 1. The molecule has 3 N–H and O–H groups in total. The van der Waals surface area contributed by atoms with Gasteiger partial charge in [0.05, 0.1) is 6.61 Å².